The lowest BCUT2D eigenvalue weighted by Crippen LogP contribution is -2.54. The van der Waals surface area contributed by atoms with Gasteiger partial charge in [-0.25, -0.2) is 0 Å². The minimum atomic E-state index is -1.51. The van der Waals surface area contributed by atoms with Crippen molar-refractivity contribution in [3.8, 4) is 23.0 Å². The van der Waals surface area contributed by atoms with Crippen LogP contribution >= 0.6 is 0 Å². The van der Waals surface area contributed by atoms with E-state index >= 15 is 0 Å². The molecular weight excluding hydrogens is 492 g/mol. The number of hydrogen-bond donors (Lipinski definition) is 6. The molecule has 9 heteroatoms. The third-order valence-electron chi connectivity index (χ3n) is 6.75. The number of aromatic hydroxyl groups is 3. The van der Waals surface area contributed by atoms with E-state index in [9.17, 15) is 35.4 Å². The normalized spacial score (nSPS) is 19.8. The van der Waals surface area contributed by atoms with Crippen LogP contribution in [0.5, 0.6) is 23.0 Å². The van der Waals surface area contributed by atoms with Crippen molar-refractivity contribution in [2.75, 3.05) is 6.61 Å². The first-order chi connectivity index (χ1) is 18.2. The summed E-state index contributed by atoms with van der Waals surface area (Å²) in [4.78, 5) is 12.9. The number of rotatable bonds is 6. The second-order valence-electron chi connectivity index (χ2n) is 9.34. The third kappa shape index (κ3) is 4.58. The molecule has 0 saturated heterocycles. The highest BCUT2D eigenvalue weighted by Gasteiger charge is 2.44. The summed E-state index contributed by atoms with van der Waals surface area (Å²) >= 11 is 0. The predicted octanol–water partition coefficient (Wildman–Crippen LogP) is 3.12. The van der Waals surface area contributed by atoms with Crippen LogP contribution in [0.1, 0.15) is 35.0 Å². The molecule has 1 aromatic heterocycles. The van der Waals surface area contributed by atoms with Gasteiger partial charge in [-0.2, -0.15) is 0 Å². The molecule has 196 valence electrons. The minimum absolute atomic E-state index is 0.0797. The lowest BCUT2D eigenvalue weighted by atomic mass is 9.85. The third-order valence-corrected chi connectivity index (χ3v) is 6.75. The van der Waals surface area contributed by atoms with Gasteiger partial charge in [-0.1, -0.05) is 42.5 Å². The van der Waals surface area contributed by atoms with Gasteiger partial charge in [-0.3, -0.25) is 4.79 Å². The molecule has 1 aliphatic heterocycles. The Bertz CT molecular complexity index is 1550. The highest BCUT2D eigenvalue weighted by atomic mass is 16.5. The molecule has 3 atom stereocenters. The monoisotopic (exact) mass is 518 g/mol. The van der Waals surface area contributed by atoms with Gasteiger partial charge in [0.1, 0.15) is 51.9 Å². The second kappa shape index (κ2) is 9.86. The highest BCUT2D eigenvalue weighted by Crippen LogP contribution is 2.43. The average Bonchev–Trinajstić information content (AvgIpc) is 2.89. The average molecular weight is 519 g/mol. The molecular formula is C29H26O9. The Morgan fingerprint density at radius 2 is 1.74 bits per heavy atom. The Labute approximate surface area is 216 Å². The van der Waals surface area contributed by atoms with E-state index in [0.717, 1.165) is 17.7 Å². The van der Waals surface area contributed by atoms with Gasteiger partial charge in [0.05, 0.1) is 6.61 Å². The van der Waals surface area contributed by atoms with Crippen LogP contribution in [0.25, 0.3) is 17.0 Å². The predicted molar refractivity (Wildman–Crippen MR) is 138 cm³/mol. The van der Waals surface area contributed by atoms with Crippen molar-refractivity contribution in [2.24, 2.45) is 0 Å². The van der Waals surface area contributed by atoms with E-state index < -0.39 is 35.6 Å². The number of fused-ring (bicyclic) bond motifs is 2. The highest BCUT2D eigenvalue weighted by molar-refractivity contribution is 5.87. The fourth-order valence-corrected chi connectivity index (χ4v) is 4.71. The van der Waals surface area contributed by atoms with E-state index in [2.05, 4.69) is 0 Å². The van der Waals surface area contributed by atoms with Crippen LogP contribution < -0.4 is 10.2 Å². The van der Waals surface area contributed by atoms with Crippen LogP contribution in [0, 0.1) is 0 Å². The summed E-state index contributed by atoms with van der Waals surface area (Å²) in [7, 11) is 0. The zero-order chi connectivity index (χ0) is 27.0. The summed E-state index contributed by atoms with van der Waals surface area (Å²) < 4.78 is 11.8. The van der Waals surface area contributed by atoms with Gasteiger partial charge in [0, 0.05) is 36.6 Å². The van der Waals surface area contributed by atoms with Crippen molar-refractivity contribution < 1.29 is 39.8 Å². The lowest BCUT2D eigenvalue weighted by molar-refractivity contribution is -0.0944. The van der Waals surface area contributed by atoms with Gasteiger partial charge in [-0.15, -0.1) is 0 Å². The number of aliphatic hydroxyl groups excluding tert-OH is 3. The van der Waals surface area contributed by atoms with E-state index in [-0.39, 0.29) is 57.9 Å². The van der Waals surface area contributed by atoms with Gasteiger partial charge < -0.3 is 39.8 Å². The van der Waals surface area contributed by atoms with Gasteiger partial charge in [0.2, 0.25) is 0 Å². The van der Waals surface area contributed by atoms with Crippen LogP contribution in [0.15, 0.2) is 76.0 Å². The van der Waals surface area contributed by atoms with E-state index in [1.54, 1.807) is 6.08 Å². The smallest absolute Gasteiger partial charge is 0.196 e. The SMILES string of the molecule is O=c1cc(C(O)c2cc(O)cc(O)c2)oc2cc3c(c(O)c12)CC(O)C(CO)(CC=Cc1ccccc1)O3. The summed E-state index contributed by atoms with van der Waals surface area (Å²) in [5, 5.41) is 62.1. The fraction of sp³-hybridized carbons (Fsp3) is 0.207. The molecule has 0 saturated carbocycles. The van der Waals surface area contributed by atoms with Gasteiger partial charge in [-0.05, 0) is 23.3 Å². The molecule has 4 aromatic rings. The molecule has 0 radical (unpaired) electrons. The van der Waals surface area contributed by atoms with Crippen molar-refractivity contribution in [2.45, 2.75) is 30.7 Å². The van der Waals surface area contributed by atoms with Gasteiger partial charge in [0.15, 0.2) is 11.0 Å². The molecule has 0 aliphatic carbocycles. The van der Waals surface area contributed by atoms with Gasteiger partial charge in [0.25, 0.3) is 0 Å². The second-order valence-corrected chi connectivity index (χ2v) is 9.34. The quantitative estimate of drug-likeness (QED) is 0.225. The molecule has 38 heavy (non-hydrogen) atoms. The molecule has 9 nitrogen and oxygen atoms in total. The molecule has 2 heterocycles. The molecule has 6 N–H and O–H groups in total. The van der Waals surface area contributed by atoms with Crippen LogP contribution in [0.4, 0.5) is 0 Å². The standard InChI is InChI=1S/C29H26O9/c30-15-29(8-4-7-16-5-2-1-3-6-16)25(34)12-20-22(38-29)14-23-26(28(20)36)21(33)13-24(37-23)27(35)17-9-18(31)11-19(32)10-17/h1-7,9-11,13-14,25,27,30-32,34-36H,8,12,15H2. The Morgan fingerprint density at radius 1 is 1.03 bits per heavy atom. The number of ether oxygens (including phenoxy) is 1. The first kappa shape index (κ1) is 25.3. The molecule has 3 aromatic carbocycles. The van der Waals surface area contributed by atoms with Crippen molar-refractivity contribution in [3.63, 3.8) is 0 Å². The maximum atomic E-state index is 12.9. The minimum Gasteiger partial charge on any atom is -0.508 e. The maximum Gasteiger partial charge on any atom is 0.196 e. The summed E-state index contributed by atoms with van der Waals surface area (Å²) in [6.45, 7) is -0.519. The Hall–Kier alpha value is -4.31. The van der Waals surface area contributed by atoms with Crippen molar-refractivity contribution in [3.05, 3.63) is 99.4 Å². The number of aliphatic hydroxyl groups is 3. The summed E-state index contributed by atoms with van der Waals surface area (Å²) in [5.41, 5.74) is -0.937. The summed E-state index contributed by atoms with van der Waals surface area (Å²) in [5.74, 6) is -1.08. The molecule has 0 amide bonds. The maximum absolute atomic E-state index is 12.9. The molecule has 5 rings (SSSR count). The Morgan fingerprint density at radius 3 is 2.42 bits per heavy atom. The largest absolute Gasteiger partial charge is 0.508 e. The zero-order valence-electron chi connectivity index (χ0n) is 20.1. The zero-order valence-corrected chi connectivity index (χ0v) is 20.1. The van der Waals surface area contributed by atoms with E-state index in [0.29, 0.717) is 0 Å². The van der Waals surface area contributed by atoms with E-state index in [1.165, 1.54) is 18.2 Å². The molecule has 0 fully saturated rings. The first-order valence-electron chi connectivity index (χ1n) is 11.9. The Balaban J connectivity index is 1.53. The van der Waals surface area contributed by atoms with Crippen LogP contribution in [0.2, 0.25) is 0 Å². The van der Waals surface area contributed by atoms with E-state index in [4.69, 9.17) is 9.15 Å². The summed E-state index contributed by atoms with van der Waals surface area (Å²) in [6.07, 6.45) is 0.998. The van der Waals surface area contributed by atoms with Crippen LogP contribution in [-0.2, 0) is 6.42 Å². The number of phenols is 3. The first-order valence-corrected chi connectivity index (χ1v) is 11.9. The number of benzene rings is 3. The topological polar surface area (TPSA) is 161 Å². The number of phenolic OH excluding ortho intramolecular Hbond substituents is 3. The lowest BCUT2D eigenvalue weighted by Gasteiger charge is -2.41. The fourth-order valence-electron chi connectivity index (χ4n) is 4.71. The van der Waals surface area contributed by atoms with Crippen LogP contribution in [-0.4, -0.2) is 49.0 Å². The summed E-state index contributed by atoms with van der Waals surface area (Å²) in [6, 6.07) is 15.4. The molecule has 1 aliphatic rings. The van der Waals surface area contributed by atoms with Crippen molar-refractivity contribution in [1.29, 1.82) is 0 Å². The van der Waals surface area contributed by atoms with Gasteiger partial charge >= 0.3 is 0 Å². The molecule has 0 bridgehead atoms. The van der Waals surface area contributed by atoms with Crippen molar-refractivity contribution in [1.82, 2.24) is 0 Å². The van der Waals surface area contributed by atoms with E-state index in [1.807, 2.05) is 36.4 Å². The van der Waals surface area contributed by atoms with Crippen LogP contribution in [0.3, 0.4) is 0 Å². The van der Waals surface area contributed by atoms with Crippen molar-refractivity contribution >= 4 is 17.0 Å². The molecule has 0 spiro atoms. The molecule has 3 unspecified atom stereocenters. The number of hydrogen-bond acceptors (Lipinski definition) is 9. The Kier molecular flexibility index (Phi) is 6.58.